The summed E-state index contributed by atoms with van der Waals surface area (Å²) in [4.78, 5) is 24.8. The lowest BCUT2D eigenvalue weighted by molar-refractivity contribution is 0.0486. The van der Waals surface area contributed by atoms with Gasteiger partial charge in [-0.1, -0.05) is 0 Å². The van der Waals surface area contributed by atoms with Gasteiger partial charge in [-0.05, 0) is 43.5 Å². The first-order valence-corrected chi connectivity index (χ1v) is 10.9. The molecule has 1 atom stereocenters. The summed E-state index contributed by atoms with van der Waals surface area (Å²) in [5.74, 6) is 1.55. The number of piperidine rings is 1. The second kappa shape index (κ2) is 8.53. The number of carbonyl (C=O) groups is 1. The molecule has 2 aliphatic heterocycles. The number of hydrogen-bond acceptors (Lipinski definition) is 8. The normalized spacial score (nSPS) is 17.8. The lowest BCUT2D eigenvalue weighted by atomic mass is 10.0. The smallest absolute Gasteiger partial charge is 0.344 e. The second-order valence-corrected chi connectivity index (χ2v) is 8.03. The summed E-state index contributed by atoms with van der Waals surface area (Å²) in [5, 5.41) is 3.36. The van der Waals surface area contributed by atoms with Gasteiger partial charge in [-0.3, -0.25) is 4.98 Å². The predicted octanol–water partition coefficient (Wildman–Crippen LogP) is 3.79. The SMILES string of the molecule is COc1ccc(CNc2nc3cccnc3c3c2C(=O)OCC2CCCCN32)c(OC)c1. The van der Waals surface area contributed by atoms with Crippen LogP contribution in [-0.4, -0.2) is 49.4 Å². The topological polar surface area (TPSA) is 85.8 Å². The number of carbonyl (C=O) groups excluding carboxylic acids is 1. The number of pyridine rings is 2. The van der Waals surface area contributed by atoms with E-state index >= 15 is 0 Å². The number of hydrogen-bond donors (Lipinski definition) is 1. The standard InChI is InChI=1S/C24H26N4O4/c1-30-17-9-8-15(19(12-17)31-2)13-26-23-20-22(21-18(27-23)7-5-10-25-21)28-11-4-3-6-16(28)14-32-24(20)29/h5,7-10,12,16H,3-4,6,11,13-14H2,1-2H3,(H,26,27). The molecule has 3 aromatic rings. The van der Waals surface area contributed by atoms with E-state index in [1.807, 2.05) is 30.3 Å². The highest BCUT2D eigenvalue weighted by molar-refractivity contribution is 6.08. The second-order valence-electron chi connectivity index (χ2n) is 8.03. The van der Waals surface area contributed by atoms with Crippen molar-refractivity contribution in [2.75, 3.05) is 37.6 Å². The molecule has 0 bridgehead atoms. The summed E-state index contributed by atoms with van der Waals surface area (Å²) in [6.45, 7) is 1.68. The van der Waals surface area contributed by atoms with Crippen molar-refractivity contribution in [2.24, 2.45) is 0 Å². The molecular weight excluding hydrogens is 408 g/mol. The number of anilines is 2. The maximum Gasteiger partial charge on any atom is 0.344 e. The maximum atomic E-state index is 13.1. The third-order valence-electron chi connectivity index (χ3n) is 6.18. The largest absolute Gasteiger partial charge is 0.497 e. The third kappa shape index (κ3) is 3.55. The van der Waals surface area contributed by atoms with E-state index in [0.717, 1.165) is 48.1 Å². The molecule has 1 aromatic carbocycles. The van der Waals surface area contributed by atoms with Gasteiger partial charge in [0.05, 0.1) is 31.5 Å². The average Bonchev–Trinajstić information content (AvgIpc) is 2.99. The van der Waals surface area contributed by atoms with E-state index in [-0.39, 0.29) is 12.0 Å². The van der Waals surface area contributed by atoms with E-state index in [2.05, 4.69) is 15.2 Å². The Balaban J connectivity index is 1.59. The van der Waals surface area contributed by atoms with Crippen molar-refractivity contribution >= 4 is 28.5 Å². The Morgan fingerprint density at radius 2 is 2.12 bits per heavy atom. The lowest BCUT2D eigenvalue weighted by Gasteiger charge is -2.36. The Hall–Kier alpha value is -3.55. The van der Waals surface area contributed by atoms with Crippen molar-refractivity contribution in [2.45, 2.75) is 31.8 Å². The number of cyclic esters (lactones) is 1. The number of aromatic nitrogens is 2. The van der Waals surface area contributed by atoms with Crippen LogP contribution in [0.15, 0.2) is 36.5 Å². The Kier molecular flexibility index (Phi) is 5.43. The minimum atomic E-state index is -0.362. The van der Waals surface area contributed by atoms with Crippen molar-refractivity contribution in [1.29, 1.82) is 0 Å². The van der Waals surface area contributed by atoms with Gasteiger partial charge in [-0.15, -0.1) is 0 Å². The van der Waals surface area contributed by atoms with Gasteiger partial charge in [0.1, 0.15) is 35.0 Å². The van der Waals surface area contributed by atoms with Crippen LogP contribution in [0.5, 0.6) is 11.5 Å². The molecule has 0 radical (unpaired) electrons. The van der Waals surface area contributed by atoms with Crippen molar-refractivity contribution in [3.63, 3.8) is 0 Å². The van der Waals surface area contributed by atoms with E-state index in [1.165, 1.54) is 0 Å². The van der Waals surface area contributed by atoms with Crippen LogP contribution >= 0.6 is 0 Å². The van der Waals surface area contributed by atoms with Gasteiger partial charge in [0, 0.05) is 30.9 Å². The third-order valence-corrected chi connectivity index (χ3v) is 6.18. The molecule has 2 aromatic heterocycles. The minimum Gasteiger partial charge on any atom is -0.497 e. The zero-order chi connectivity index (χ0) is 22.1. The monoisotopic (exact) mass is 434 g/mol. The van der Waals surface area contributed by atoms with E-state index in [0.29, 0.717) is 36.0 Å². The van der Waals surface area contributed by atoms with E-state index in [9.17, 15) is 4.79 Å². The fraction of sp³-hybridized carbons (Fsp3) is 0.375. The Labute approximate surface area is 186 Å². The van der Waals surface area contributed by atoms with Crippen molar-refractivity contribution < 1.29 is 19.0 Å². The zero-order valence-electron chi connectivity index (χ0n) is 18.3. The molecule has 1 saturated heterocycles. The van der Waals surface area contributed by atoms with Crippen LogP contribution < -0.4 is 19.7 Å². The number of benzene rings is 1. The molecule has 0 saturated carbocycles. The van der Waals surface area contributed by atoms with Crippen molar-refractivity contribution in [3.05, 3.63) is 47.7 Å². The molecule has 4 heterocycles. The Bertz CT molecular complexity index is 1170. The summed E-state index contributed by atoms with van der Waals surface area (Å²) in [6.07, 6.45) is 4.95. The van der Waals surface area contributed by atoms with Crippen LogP contribution in [0.2, 0.25) is 0 Å². The quantitative estimate of drug-likeness (QED) is 0.607. The number of fused-ring (bicyclic) bond motifs is 5. The molecule has 5 rings (SSSR count). The molecule has 0 aliphatic carbocycles. The molecule has 32 heavy (non-hydrogen) atoms. The molecule has 1 fully saturated rings. The number of ether oxygens (including phenoxy) is 3. The van der Waals surface area contributed by atoms with Gasteiger partial charge in [0.2, 0.25) is 0 Å². The summed E-state index contributed by atoms with van der Waals surface area (Å²) >= 11 is 0. The fourth-order valence-corrected chi connectivity index (χ4v) is 4.57. The number of esters is 1. The number of nitrogens with one attached hydrogen (secondary N) is 1. The number of rotatable bonds is 5. The highest BCUT2D eigenvalue weighted by atomic mass is 16.5. The summed E-state index contributed by atoms with van der Waals surface area (Å²) in [7, 11) is 3.24. The van der Waals surface area contributed by atoms with Gasteiger partial charge in [0.25, 0.3) is 0 Å². The number of methoxy groups -OCH3 is 2. The van der Waals surface area contributed by atoms with E-state index in [1.54, 1.807) is 20.4 Å². The fourth-order valence-electron chi connectivity index (χ4n) is 4.57. The minimum absolute atomic E-state index is 0.163. The maximum absolute atomic E-state index is 13.1. The molecular formula is C24H26N4O4. The van der Waals surface area contributed by atoms with Crippen LogP contribution in [0.3, 0.4) is 0 Å². The molecule has 2 aliphatic rings. The van der Waals surface area contributed by atoms with Crippen LogP contribution in [0, 0.1) is 0 Å². The zero-order valence-corrected chi connectivity index (χ0v) is 18.3. The summed E-state index contributed by atoms with van der Waals surface area (Å²) in [6, 6.07) is 9.60. The first-order valence-electron chi connectivity index (χ1n) is 10.9. The van der Waals surface area contributed by atoms with Crippen LogP contribution in [0.1, 0.15) is 35.2 Å². The highest BCUT2D eigenvalue weighted by Gasteiger charge is 2.35. The Morgan fingerprint density at radius 1 is 1.22 bits per heavy atom. The van der Waals surface area contributed by atoms with E-state index in [4.69, 9.17) is 19.2 Å². The molecule has 0 amide bonds. The summed E-state index contributed by atoms with van der Waals surface area (Å²) in [5.41, 5.74) is 3.68. The number of nitrogens with zero attached hydrogens (tertiary/aromatic N) is 3. The molecule has 8 nitrogen and oxygen atoms in total. The first kappa shape index (κ1) is 20.4. The van der Waals surface area contributed by atoms with Crippen LogP contribution in [-0.2, 0) is 11.3 Å². The van der Waals surface area contributed by atoms with Gasteiger partial charge >= 0.3 is 5.97 Å². The van der Waals surface area contributed by atoms with Crippen LogP contribution in [0.4, 0.5) is 11.5 Å². The van der Waals surface area contributed by atoms with Crippen LogP contribution in [0.25, 0.3) is 11.0 Å². The summed E-state index contributed by atoms with van der Waals surface area (Å²) < 4.78 is 16.5. The molecule has 1 unspecified atom stereocenters. The van der Waals surface area contributed by atoms with Crippen molar-refractivity contribution in [3.8, 4) is 11.5 Å². The average molecular weight is 434 g/mol. The lowest BCUT2D eigenvalue weighted by Crippen LogP contribution is -2.41. The predicted molar refractivity (Wildman–Crippen MR) is 122 cm³/mol. The molecule has 166 valence electrons. The highest BCUT2D eigenvalue weighted by Crippen LogP contribution is 2.39. The van der Waals surface area contributed by atoms with Gasteiger partial charge in [0.15, 0.2) is 0 Å². The molecule has 0 spiro atoms. The van der Waals surface area contributed by atoms with Crippen molar-refractivity contribution in [1.82, 2.24) is 9.97 Å². The molecule has 1 N–H and O–H groups in total. The van der Waals surface area contributed by atoms with E-state index < -0.39 is 0 Å². The Morgan fingerprint density at radius 3 is 2.97 bits per heavy atom. The molecule has 8 heteroatoms. The van der Waals surface area contributed by atoms with Gasteiger partial charge in [-0.2, -0.15) is 0 Å². The van der Waals surface area contributed by atoms with Gasteiger partial charge in [-0.25, -0.2) is 9.78 Å². The van der Waals surface area contributed by atoms with Gasteiger partial charge < -0.3 is 24.4 Å². The first-order chi connectivity index (χ1) is 15.7.